The zero-order valence-electron chi connectivity index (χ0n) is 17.8. The molecule has 0 fully saturated rings. The third-order valence-electron chi connectivity index (χ3n) is 4.65. The van der Waals surface area contributed by atoms with Crippen LogP contribution in [0, 0.1) is 0 Å². The van der Waals surface area contributed by atoms with Gasteiger partial charge in [0.2, 0.25) is 0 Å². The molecule has 0 aliphatic heterocycles. The van der Waals surface area contributed by atoms with Crippen LogP contribution in [0.15, 0.2) is 65.6 Å². The molecule has 1 unspecified atom stereocenters. The lowest BCUT2D eigenvalue weighted by molar-refractivity contribution is -0.274. The van der Waals surface area contributed by atoms with E-state index in [-0.39, 0.29) is 17.9 Å². The van der Waals surface area contributed by atoms with E-state index in [1.54, 1.807) is 24.3 Å². The third-order valence-corrected chi connectivity index (χ3v) is 4.65. The van der Waals surface area contributed by atoms with E-state index in [4.69, 9.17) is 14.6 Å². The van der Waals surface area contributed by atoms with Crippen molar-refractivity contribution in [2.45, 2.75) is 18.9 Å². The Bertz CT molecular complexity index is 1160. The van der Waals surface area contributed by atoms with Crippen molar-refractivity contribution < 1.29 is 37.6 Å². The first-order chi connectivity index (χ1) is 15.5. The summed E-state index contributed by atoms with van der Waals surface area (Å²) in [5.74, 6) is 0.285. The van der Waals surface area contributed by atoms with E-state index >= 15 is 0 Å². The van der Waals surface area contributed by atoms with Crippen LogP contribution in [0.25, 0.3) is 16.8 Å². The second kappa shape index (κ2) is 9.55. The molecule has 0 aliphatic rings. The van der Waals surface area contributed by atoms with Crippen LogP contribution in [0.3, 0.4) is 0 Å². The van der Waals surface area contributed by atoms with Crippen molar-refractivity contribution in [3.8, 4) is 34.1 Å². The van der Waals surface area contributed by atoms with Crippen molar-refractivity contribution in [3.63, 3.8) is 0 Å². The largest absolute Gasteiger partial charge is 0.573 e. The Labute approximate surface area is 187 Å². The summed E-state index contributed by atoms with van der Waals surface area (Å²) >= 11 is 0. The summed E-state index contributed by atoms with van der Waals surface area (Å²) in [4.78, 5) is 12.7. The van der Waals surface area contributed by atoms with Gasteiger partial charge in [0.25, 0.3) is 5.56 Å². The Morgan fingerprint density at radius 2 is 1.67 bits per heavy atom. The van der Waals surface area contributed by atoms with Gasteiger partial charge in [-0.15, -0.1) is 13.2 Å². The van der Waals surface area contributed by atoms with Gasteiger partial charge in [0.05, 0.1) is 19.4 Å². The molecule has 0 radical (unpaired) electrons. The highest BCUT2D eigenvalue weighted by Gasteiger charge is 2.31. The van der Waals surface area contributed by atoms with Crippen molar-refractivity contribution in [2.75, 3.05) is 20.3 Å². The second-order valence-corrected chi connectivity index (χ2v) is 7.47. The molecule has 3 aromatic rings. The van der Waals surface area contributed by atoms with Crippen LogP contribution in [0.2, 0.25) is 0 Å². The van der Waals surface area contributed by atoms with Gasteiger partial charge in [0.1, 0.15) is 18.0 Å². The standard InChI is InChI=1S/C23H22F3NO6/c1-22(30,13-28)14-32-19-8-5-17(12-20(19)31-2)27-10-9-16(11-21(27)29)15-3-6-18(7-4-15)33-23(24,25)26/h3-12,28,30H,13-14H2,1-2H3. The maximum absolute atomic E-state index is 12.7. The molecule has 3 rings (SSSR count). The molecule has 0 spiro atoms. The van der Waals surface area contributed by atoms with E-state index in [1.807, 2.05) is 0 Å². The molecule has 1 atom stereocenters. The number of halogens is 3. The Kier molecular flexibility index (Phi) is 6.99. The summed E-state index contributed by atoms with van der Waals surface area (Å²) in [5.41, 5.74) is -0.243. The van der Waals surface area contributed by atoms with E-state index in [0.29, 0.717) is 28.3 Å². The van der Waals surface area contributed by atoms with Gasteiger partial charge >= 0.3 is 6.36 Å². The SMILES string of the molecule is COc1cc(-n2ccc(-c3ccc(OC(F)(F)F)cc3)cc2=O)ccc1OCC(C)(O)CO. The summed E-state index contributed by atoms with van der Waals surface area (Å²) in [6.07, 6.45) is -3.25. The number of benzene rings is 2. The fraction of sp³-hybridized carbons (Fsp3) is 0.261. The molecule has 7 nitrogen and oxygen atoms in total. The van der Waals surface area contributed by atoms with Crippen LogP contribution in [-0.4, -0.2) is 47.1 Å². The van der Waals surface area contributed by atoms with Crippen molar-refractivity contribution in [1.82, 2.24) is 4.57 Å². The van der Waals surface area contributed by atoms with Gasteiger partial charge in [-0.2, -0.15) is 0 Å². The number of aliphatic hydroxyl groups is 2. The van der Waals surface area contributed by atoms with Gasteiger partial charge in [-0.05, 0) is 48.4 Å². The molecule has 176 valence electrons. The fourth-order valence-electron chi connectivity index (χ4n) is 2.93. The maximum atomic E-state index is 12.7. The molecule has 0 aliphatic carbocycles. The molecule has 0 amide bonds. The normalized spacial score (nSPS) is 13.3. The van der Waals surface area contributed by atoms with E-state index in [0.717, 1.165) is 0 Å². The van der Waals surface area contributed by atoms with E-state index in [2.05, 4.69) is 4.74 Å². The van der Waals surface area contributed by atoms with Gasteiger partial charge in [0, 0.05) is 18.3 Å². The van der Waals surface area contributed by atoms with Crippen LogP contribution in [0.4, 0.5) is 13.2 Å². The summed E-state index contributed by atoms with van der Waals surface area (Å²) in [6.45, 7) is 0.778. The lowest BCUT2D eigenvalue weighted by atomic mass is 10.1. The summed E-state index contributed by atoms with van der Waals surface area (Å²) in [5, 5.41) is 19.0. The van der Waals surface area contributed by atoms with Gasteiger partial charge in [-0.1, -0.05) is 12.1 Å². The predicted molar refractivity (Wildman–Crippen MR) is 114 cm³/mol. The third kappa shape index (κ3) is 6.27. The van der Waals surface area contributed by atoms with Crippen molar-refractivity contribution in [1.29, 1.82) is 0 Å². The molecule has 2 aromatic carbocycles. The zero-order chi connectivity index (χ0) is 24.2. The first-order valence-electron chi connectivity index (χ1n) is 9.75. The first kappa shape index (κ1) is 24.1. The number of aromatic nitrogens is 1. The number of ether oxygens (including phenoxy) is 3. The molecule has 0 saturated heterocycles. The minimum Gasteiger partial charge on any atom is -0.493 e. The lowest BCUT2D eigenvalue weighted by Gasteiger charge is -2.21. The van der Waals surface area contributed by atoms with E-state index in [9.17, 15) is 23.1 Å². The van der Waals surface area contributed by atoms with Gasteiger partial charge in [-0.3, -0.25) is 9.36 Å². The van der Waals surface area contributed by atoms with Crippen molar-refractivity contribution in [3.05, 3.63) is 71.1 Å². The minimum absolute atomic E-state index is 0.166. The second-order valence-electron chi connectivity index (χ2n) is 7.47. The Hall–Kier alpha value is -3.50. The Morgan fingerprint density at radius 3 is 2.24 bits per heavy atom. The molecular weight excluding hydrogens is 443 g/mol. The molecule has 2 N–H and O–H groups in total. The molecular formula is C23H22F3NO6. The average molecular weight is 465 g/mol. The number of hydrogen-bond acceptors (Lipinski definition) is 6. The molecule has 1 aromatic heterocycles. The molecule has 33 heavy (non-hydrogen) atoms. The summed E-state index contributed by atoms with van der Waals surface area (Å²) < 4.78 is 53.0. The average Bonchev–Trinajstić information content (AvgIpc) is 2.77. The summed E-state index contributed by atoms with van der Waals surface area (Å²) in [7, 11) is 1.42. The lowest BCUT2D eigenvalue weighted by Crippen LogP contribution is -2.36. The topological polar surface area (TPSA) is 90.2 Å². The van der Waals surface area contributed by atoms with Crippen molar-refractivity contribution >= 4 is 0 Å². The van der Waals surface area contributed by atoms with Crippen molar-refractivity contribution in [2.24, 2.45) is 0 Å². The van der Waals surface area contributed by atoms with Crippen LogP contribution >= 0.6 is 0 Å². The van der Waals surface area contributed by atoms with Crippen LogP contribution in [-0.2, 0) is 0 Å². The smallest absolute Gasteiger partial charge is 0.493 e. The predicted octanol–water partition coefficient (Wildman–Crippen LogP) is 3.53. The highest BCUT2D eigenvalue weighted by molar-refractivity contribution is 5.64. The monoisotopic (exact) mass is 465 g/mol. The van der Waals surface area contributed by atoms with Crippen LogP contribution in [0.5, 0.6) is 17.2 Å². The Morgan fingerprint density at radius 1 is 0.970 bits per heavy atom. The quantitative estimate of drug-likeness (QED) is 0.529. The number of nitrogens with zero attached hydrogens (tertiary/aromatic N) is 1. The minimum atomic E-state index is -4.78. The first-order valence-corrected chi connectivity index (χ1v) is 9.75. The van der Waals surface area contributed by atoms with Crippen LogP contribution < -0.4 is 19.8 Å². The number of pyridine rings is 1. The molecule has 10 heteroatoms. The summed E-state index contributed by atoms with van der Waals surface area (Å²) in [6, 6.07) is 13.0. The number of rotatable bonds is 8. The van der Waals surface area contributed by atoms with E-state index < -0.39 is 18.6 Å². The zero-order valence-corrected chi connectivity index (χ0v) is 17.8. The Balaban J connectivity index is 1.83. The van der Waals surface area contributed by atoms with Gasteiger partial charge in [-0.25, -0.2) is 0 Å². The number of methoxy groups -OCH3 is 1. The fourth-order valence-corrected chi connectivity index (χ4v) is 2.93. The van der Waals surface area contributed by atoms with Gasteiger partial charge in [0.15, 0.2) is 11.5 Å². The van der Waals surface area contributed by atoms with Gasteiger partial charge < -0.3 is 24.4 Å². The maximum Gasteiger partial charge on any atom is 0.573 e. The highest BCUT2D eigenvalue weighted by Crippen LogP contribution is 2.30. The number of aliphatic hydroxyl groups excluding tert-OH is 1. The number of alkyl halides is 3. The molecule has 0 bridgehead atoms. The number of hydrogen-bond donors (Lipinski definition) is 2. The van der Waals surface area contributed by atoms with E-state index in [1.165, 1.54) is 55.1 Å². The highest BCUT2D eigenvalue weighted by atomic mass is 19.4. The molecule has 1 heterocycles. The van der Waals surface area contributed by atoms with Crippen LogP contribution in [0.1, 0.15) is 6.92 Å². The molecule has 0 saturated carbocycles.